The van der Waals surface area contributed by atoms with Crippen molar-refractivity contribution >= 4 is 17.2 Å². The van der Waals surface area contributed by atoms with Crippen molar-refractivity contribution in [2.75, 3.05) is 31.1 Å². The number of fused-ring (bicyclic) bond motifs is 3. The number of pyridine rings is 1. The number of benzene rings is 1. The van der Waals surface area contributed by atoms with E-state index < -0.39 is 0 Å². The minimum Gasteiger partial charge on any atom is -0.374 e. The molecule has 3 unspecified atom stereocenters. The molecule has 162 valence electrons. The topological polar surface area (TPSA) is 63.0 Å². The van der Waals surface area contributed by atoms with Crippen molar-refractivity contribution in [2.24, 2.45) is 5.92 Å². The second kappa shape index (κ2) is 8.30. The highest BCUT2D eigenvalue weighted by Gasteiger charge is 2.42. The minimum atomic E-state index is -0.0738. The maximum absolute atomic E-state index is 12.8. The second-order valence-corrected chi connectivity index (χ2v) is 8.88. The van der Waals surface area contributed by atoms with Crippen LogP contribution in [0.1, 0.15) is 35.9 Å². The number of aromatic nitrogens is 3. The second-order valence-electron chi connectivity index (χ2n) is 8.88. The summed E-state index contributed by atoms with van der Waals surface area (Å²) in [7, 11) is 0. The quantitative estimate of drug-likeness (QED) is 0.638. The van der Waals surface area contributed by atoms with E-state index in [9.17, 15) is 4.79 Å². The van der Waals surface area contributed by atoms with Gasteiger partial charge < -0.3 is 14.5 Å². The van der Waals surface area contributed by atoms with Gasteiger partial charge in [-0.3, -0.25) is 4.79 Å². The predicted molar refractivity (Wildman–Crippen MR) is 119 cm³/mol. The van der Waals surface area contributed by atoms with Crippen LogP contribution >= 0.6 is 0 Å². The summed E-state index contributed by atoms with van der Waals surface area (Å²) in [6.07, 6.45) is 4.35. The lowest BCUT2D eigenvalue weighted by molar-refractivity contribution is 0.0252. The van der Waals surface area contributed by atoms with Crippen LogP contribution in [0, 0.1) is 12.8 Å². The van der Waals surface area contributed by atoms with E-state index in [1.165, 1.54) is 6.42 Å². The molecule has 3 saturated heterocycles. The fourth-order valence-corrected chi connectivity index (χ4v) is 4.73. The number of nitrogens with zero attached hydrogens (tertiary/aromatic N) is 5. The van der Waals surface area contributed by atoms with Gasteiger partial charge in [-0.2, -0.15) is 0 Å². The smallest absolute Gasteiger partial charge is 0.293 e. The van der Waals surface area contributed by atoms with Gasteiger partial charge in [-0.25, -0.2) is 9.50 Å². The fourth-order valence-electron chi connectivity index (χ4n) is 4.73. The van der Waals surface area contributed by atoms with Crippen molar-refractivity contribution in [3.8, 4) is 0 Å². The first-order valence-electron chi connectivity index (χ1n) is 11.1. The zero-order valence-electron chi connectivity index (χ0n) is 18.1. The number of hydrogen-bond acceptors (Lipinski definition) is 5. The number of carbonyl (C=O) groups is 1. The summed E-state index contributed by atoms with van der Waals surface area (Å²) >= 11 is 0. The Morgan fingerprint density at radius 3 is 2.45 bits per heavy atom. The molecule has 3 fully saturated rings. The van der Waals surface area contributed by atoms with Gasteiger partial charge in [0.1, 0.15) is 0 Å². The Bertz CT molecular complexity index is 1040. The third-order valence-corrected chi connectivity index (χ3v) is 6.41. The zero-order chi connectivity index (χ0) is 21.4. The van der Waals surface area contributed by atoms with Crippen LogP contribution in [0.3, 0.4) is 0 Å². The number of likely N-dealkylation sites (tertiary alicyclic amines) is 1. The predicted octanol–water partition coefficient (Wildman–Crippen LogP) is 3.18. The molecule has 0 saturated carbocycles. The van der Waals surface area contributed by atoms with Gasteiger partial charge in [0, 0.05) is 19.6 Å². The fraction of sp³-hybridized carbons (Fsp3) is 0.458. The number of aryl methyl sites for hydroxylation is 1. The van der Waals surface area contributed by atoms with Crippen LogP contribution in [0.4, 0.5) is 5.69 Å². The van der Waals surface area contributed by atoms with Crippen molar-refractivity contribution in [2.45, 2.75) is 38.8 Å². The van der Waals surface area contributed by atoms with Crippen molar-refractivity contribution in [1.82, 2.24) is 19.5 Å². The first-order valence-corrected chi connectivity index (χ1v) is 11.1. The largest absolute Gasteiger partial charge is 0.374 e. The molecule has 0 aliphatic carbocycles. The Morgan fingerprint density at radius 1 is 1.13 bits per heavy atom. The van der Waals surface area contributed by atoms with Crippen LogP contribution in [0.25, 0.3) is 5.65 Å². The van der Waals surface area contributed by atoms with Gasteiger partial charge in [-0.05, 0) is 37.3 Å². The Balaban J connectivity index is 0.000000296. The maximum atomic E-state index is 12.8. The van der Waals surface area contributed by atoms with Crippen molar-refractivity contribution in [3.05, 3.63) is 60.0 Å². The van der Waals surface area contributed by atoms with Crippen molar-refractivity contribution < 1.29 is 9.53 Å². The number of morpholine rings is 1. The molecule has 6 rings (SSSR count). The first-order chi connectivity index (χ1) is 15.1. The van der Waals surface area contributed by atoms with Gasteiger partial charge in [0.15, 0.2) is 5.65 Å². The van der Waals surface area contributed by atoms with Crippen molar-refractivity contribution in [3.63, 3.8) is 0 Å². The summed E-state index contributed by atoms with van der Waals surface area (Å²) in [5.74, 6) is 0.939. The normalized spacial score (nSPS) is 24.5. The van der Waals surface area contributed by atoms with Gasteiger partial charge >= 0.3 is 0 Å². The number of hydrogen-bond donors (Lipinski definition) is 0. The molecule has 1 aromatic carbocycles. The van der Waals surface area contributed by atoms with Gasteiger partial charge in [-0.15, -0.1) is 5.10 Å². The molecule has 2 aromatic heterocycles. The molecule has 3 aliphatic heterocycles. The van der Waals surface area contributed by atoms with Gasteiger partial charge in [0.25, 0.3) is 5.91 Å². The van der Waals surface area contributed by atoms with Crippen LogP contribution in [0.15, 0.2) is 48.7 Å². The standard InChI is InChI=1S/C18H23N5O2.C6H6/c1-11-3-4-21(7-11)13-5-12(2)17-19-16(20-23(17)8-13)18(24)22-9-15-6-14(22)10-25-15;1-2-4-6-5-3-1/h5,8,11,14-15H,3-4,6-7,9-10H2,1-2H3;1-6H. The van der Waals surface area contributed by atoms with Gasteiger partial charge in [0.05, 0.1) is 30.6 Å². The molecule has 3 atom stereocenters. The van der Waals surface area contributed by atoms with Gasteiger partial charge in [0.2, 0.25) is 5.82 Å². The molecule has 5 heterocycles. The summed E-state index contributed by atoms with van der Waals surface area (Å²) in [5.41, 5.74) is 2.97. The highest BCUT2D eigenvalue weighted by molar-refractivity contribution is 5.91. The van der Waals surface area contributed by atoms with E-state index in [4.69, 9.17) is 4.74 Å². The SMILES string of the molecule is Cc1cc(N2CCC(C)C2)cn2nc(C(=O)N3CC4CC3CO4)nc12.c1ccccc1. The summed E-state index contributed by atoms with van der Waals surface area (Å²) in [4.78, 5) is 21.6. The average Bonchev–Trinajstić information content (AvgIpc) is 3.58. The molecule has 0 radical (unpaired) electrons. The number of ether oxygens (including phenoxy) is 1. The van der Waals surface area contributed by atoms with E-state index in [-0.39, 0.29) is 18.1 Å². The lowest BCUT2D eigenvalue weighted by Gasteiger charge is -2.25. The van der Waals surface area contributed by atoms with Crippen LogP contribution < -0.4 is 4.90 Å². The number of rotatable bonds is 2. The highest BCUT2D eigenvalue weighted by Crippen LogP contribution is 2.29. The van der Waals surface area contributed by atoms with E-state index in [1.54, 1.807) is 4.52 Å². The molecule has 3 aliphatic rings. The zero-order valence-corrected chi connectivity index (χ0v) is 18.1. The maximum Gasteiger partial charge on any atom is 0.293 e. The van der Waals surface area contributed by atoms with E-state index in [0.717, 1.165) is 42.3 Å². The van der Waals surface area contributed by atoms with Crippen LogP contribution in [0.5, 0.6) is 0 Å². The molecule has 7 heteroatoms. The Kier molecular flexibility index (Phi) is 5.36. The van der Waals surface area contributed by atoms with Crippen LogP contribution in [-0.4, -0.2) is 63.8 Å². The molecule has 2 bridgehead atoms. The molecule has 0 N–H and O–H groups in total. The highest BCUT2D eigenvalue weighted by atomic mass is 16.5. The van der Waals surface area contributed by atoms with Crippen LogP contribution in [0.2, 0.25) is 0 Å². The Hall–Kier alpha value is -2.93. The third-order valence-electron chi connectivity index (χ3n) is 6.41. The molecule has 0 spiro atoms. The Morgan fingerprint density at radius 2 is 1.87 bits per heavy atom. The molecule has 7 nitrogen and oxygen atoms in total. The summed E-state index contributed by atoms with van der Waals surface area (Å²) < 4.78 is 7.35. The lowest BCUT2D eigenvalue weighted by Crippen LogP contribution is -2.41. The van der Waals surface area contributed by atoms with E-state index in [0.29, 0.717) is 19.0 Å². The molecule has 3 aromatic rings. The minimum absolute atomic E-state index is 0.0738. The van der Waals surface area contributed by atoms with Crippen molar-refractivity contribution in [1.29, 1.82) is 0 Å². The van der Waals surface area contributed by atoms with E-state index in [2.05, 4.69) is 28.0 Å². The third kappa shape index (κ3) is 4.02. The molecule has 1 amide bonds. The van der Waals surface area contributed by atoms with E-state index in [1.807, 2.05) is 54.4 Å². The number of amides is 1. The van der Waals surface area contributed by atoms with Gasteiger partial charge in [-0.1, -0.05) is 43.3 Å². The monoisotopic (exact) mass is 419 g/mol. The molecular weight excluding hydrogens is 390 g/mol. The number of anilines is 1. The lowest BCUT2D eigenvalue weighted by atomic mass is 10.2. The summed E-state index contributed by atoms with van der Waals surface area (Å²) in [6.45, 7) is 7.76. The average molecular weight is 420 g/mol. The summed E-state index contributed by atoms with van der Waals surface area (Å²) in [5, 5.41) is 4.50. The Labute approximate surface area is 182 Å². The number of carbonyl (C=O) groups excluding carboxylic acids is 1. The molecule has 31 heavy (non-hydrogen) atoms. The first kappa shape index (κ1) is 20.0. The molecular formula is C24H29N5O2. The van der Waals surface area contributed by atoms with E-state index >= 15 is 0 Å². The van der Waals surface area contributed by atoms with Crippen LogP contribution in [-0.2, 0) is 4.74 Å². The summed E-state index contributed by atoms with van der Waals surface area (Å²) in [6, 6.07) is 14.3.